The molecule has 5 nitrogen and oxygen atoms in total. The number of aromatic nitrogens is 1. The van der Waals surface area contributed by atoms with Crippen molar-refractivity contribution in [2.45, 2.75) is 0 Å². The third-order valence-electron chi connectivity index (χ3n) is 2.62. The maximum Gasteiger partial charge on any atom is 0.264 e. The van der Waals surface area contributed by atoms with E-state index >= 15 is 0 Å². The average Bonchev–Trinajstić information content (AvgIpc) is 2.46. The van der Waals surface area contributed by atoms with Gasteiger partial charge in [0, 0.05) is 10.7 Å². The number of halogens is 1. The maximum atomic E-state index is 12.4. The fourth-order valence-electron chi connectivity index (χ4n) is 1.73. The van der Waals surface area contributed by atoms with Gasteiger partial charge in [0.1, 0.15) is 22.9 Å². The fraction of sp³-hybridized carbons (Fsp3) is 0.143. The summed E-state index contributed by atoms with van der Waals surface area (Å²) in [4.78, 5) is 16.4. The maximum absolute atomic E-state index is 12.4. The summed E-state index contributed by atoms with van der Waals surface area (Å²) in [5.41, 5.74) is 0.333. The lowest BCUT2D eigenvalue weighted by molar-refractivity contribution is 0.102. The van der Waals surface area contributed by atoms with Crippen molar-refractivity contribution in [1.29, 1.82) is 0 Å². The Hall–Kier alpha value is -2.08. The van der Waals surface area contributed by atoms with Crippen LogP contribution >= 0.6 is 15.9 Å². The van der Waals surface area contributed by atoms with Gasteiger partial charge in [0.05, 0.1) is 14.2 Å². The predicted octanol–water partition coefficient (Wildman–Crippen LogP) is 3.11. The van der Waals surface area contributed by atoms with Gasteiger partial charge in [0.15, 0.2) is 0 Å². The summed E-state index contributed by atoms with van der Waals surface area (Å²) in [7, 11) is 3.01. The van der Waals surface area contributed by atoms with Crippen molar-refractivity contribution in [3.63, 3.8) is 0 Å². The van der Waals surface area contributed by atoms with Crippen LogP contribution in [-0.4, -0.2) is 25.1 Å². The molecule has 2 rings (SSSR count). The highest BCUT2D eigenvalue weighted by atomic mass is 79.9. The van der Waals surface area contributed by atoms with E-state index in [2.05, 4.69) is 26.2 Å². The van der Waals surface area contributed by atoms with Gasteiger partial charge in [0.2, 0.25) is 0 Å². The fourth-order valence-corrected chi connectivity index (χ4v) is 2.06. The largest absolute Gasteiger partial charge is 0.496 e. The minimum Gasteiger partial charge on any atom is -0.496 e. The Labute approximate surface area is 125 Å². The van der Waals surface area contributed by atoms with Crippen molar-refractivity contribution >= 4 is 27.7 Å². The Kier molecular flexibility index (Phi) is 4.57. The lowest BCUT2D eigenvalue weighted by Crippen LogP contribution is -2.15. The number of hydrogen-bond donors (Lipinski definition) is 1. The Balaban J connectivity index is 2.33. The first-order valence-electron chi connectivity index (χ1n) is 5.79. The van der Waals surface area contributed by atoms with Crippen LogP contribution in [0, 0.1) is 0 Å². The van der Waals surface area contributed by atoms with Gasteiger partial charge in [0.25, 0.3) is 5.91 Å². The summed E-state index contributed by atoms with van der Waals surface area (Å²) in [5, 5.41) is 2.71. The molecule has 1 N–H and O–H groups in total. The molecule has 0 bridgehead atoms. The van der Waals surface area contributed by atoms with Crippen LogP contribution in [0.5, 0.6) is 11.5 Å². The Morgan fingerprint density at radius 2 is 1.85 bits per heavy atom. The number of ether oxygens (including phenoxy) is 2. The number of amides is 1. The van der Waals surface area contributed by atoms with Gasteiger partial charge in [-0.25, -0.2) is 4.98 Å². The van der Waals surface area contributed by atoms with E-state index in [4.69, 9.17) is 9.47 Å². The van der Waals surface area contributed by atoms with Crippen molar-refractivity contribution in [2.75, 3.05) is 19.5 Å². The van der Waals surface area contributed by atoms with Crippen LogP contribution < -0.4 is 14.8 Å². The number of benzene rings is 1. The molecule has 1 aromatic carbocycles. The molecular weight excluding hydrogens is 324 g/mol. The molecule has 20 heavy (non-hydrogen) atoms. The third kappa shape index (κ3) is 3.08. The van der Waals surface area contributed by atoms with Crippen LogP contribution in [0.4, 0.5) is 5.82 Å². The van der Waals surface area contributed by atoms with Gasteiger partial charge in [-0.2, -0.15) is 0 Å². The molecule has 0 saturated heterocycles. The van der Waals surface area contributed by atoms with Gasteiger partial charge in [-0.3, -0.25) is 4.79 Å². The quantitative estimate of drug-likeness (QED) is 0.931. The molecule has 0 fully saturated rings. The summed E-state index contributed by atoms with van der Waals surface area (Å²) in [6.07, 6.45) is 1.60. The lowest BCUT2D eigenvalue weighted by Gasteiger charge is -2.12. The van der Waals surface area contributed by atoms with Crippen LogP contribution in [0.3, 0.4) is 0 Å². The number of rotatable bonds is 4. The van der Waals surface area contributed by atoms with Crippen LogP contribution in [-0.2, 0) is 0 Å². The number of anilines is 1. The zero-order valence-corrected chi connectivity index (χ0v) is 12.6. The minimum absolute atomic E-state index is 0.333. The number of pyridine rings is 1. The van der Waals surface area contributed by atoms with E-state index < -0.39 is 0 Å². The first-order valence-corrected chi connectivity index (χ1v) is 6.59. The highest BCUT2D eigenvalue weighted by molar-refractivity contribution is 9.10. The van der Waals surface area contributed by atoms with Crippen molar-refractivity contribution in [3.8, 4) is 11.5 Å². The predicted molar refractivity (Wildman–Crippen MR) is 79.4 cm³/mol. The summed E-state index contributed by atoms with van der Waals surface area (Å²) < 4.78 is 11.2. The van der Waals surface area contributed by atoms with E-state index in [0.29, 0.717) is 22.9 Å². The van der Waals surface area contributed by atoms with E-state index in [9.17, 15) is 4.79 Å². The Morgan fingerprint density at radius 3 is 2.40 bits per heavy atom. The zero-order valence-electron chi connectivity index (χ0n) is 11.0. The number of nitrogens with one attached hydrogen (secondary N) is 1. The second-order valence-electron chi connectivity index (χ2n) is 3.85. The molecule has 0 aliphatic rings. The first kappa shape index (κ1) is 14.3. The normalized spacial score (nSPS) is 9.95. The molecule has 0 unspecified atom stereocenters. The summed E-state index contributed by atoms with van der Waals surface area (Å²) >= 11 is 3.32. The van der Waals surface area contributed by atoms with Crippen LogP contribution in [0.2, 0.25) is 0 Å². The highest BCUT2D eigenvalue weighted by Crippen LogP contribution is 2.29. The zero-order chi connectivity index (χ0) is 14.5. The van der Waals surface area contributed by atoms with E-state index in [-0.39, 0.29) is 5.91 Å². The van der Waals surface area contributed by atoms with Crippen molar-refractivity contribution < 1.29 is 14.3 Å². The molecular formula is C14H13BrN2O3. The van der Waals surface area contributed by atoms with Gasteiger partial charge >= 0.3 is 0 Å². The van der Waals surface area contributed by atoms with Crippen LogP contribution in [0.15, 0.2) is 41.0 Å². The summed E-state index contributed by atoms with van der Waals surface area (Å²) in [6, 6.07) is 8.64. The van der Waals surface area contributed by atoms with Crippen molar-refractivity contribution in [2.24, 2.45) is 0 Å². The van der Waals surface area contributed by atoms with E-state index in [1.807, 2.05) is 0 Å². The number of carbonyl (C=O) groups excluding carboxylic acids is 1. The number of nitrogens with zero attached hydrogens (tertiary/aromatic N) is 1. The Morgan fingerprint density at radius 1 is 1.20 bits per heavy atom. The summed E-state index contributed by atoms with van der Waals surface area (Å²) in [6.45, 7) is 0. The molecule has 6 heteroatoms. The molecule has 0 atom stereocenters. The average molecular weight is 337 g/mol. The molecule has 0 spiro atoms. The molecule has 0 aliphatic carbocycles. The van der Waals surface area contributed by atoms with Gasteiger partial charge in [-0.1, -0.05) is 22.0 Å². The lowest BCUT2D eigenvalue weighted by atomic mass is 10.1. The Bertz CT molecular complexity index is 609. The minimum atomic E-state index is -0.343. The van der Waals surface area contributed by atoms with E-state index in [1.165, 1.54) is 14.2 Å². The molecule has 2 aromatic rings. The molecule has 1 heterocycles. The first-order chi connectivity index (χ1) is 9.65. The smallest absolute Gasteiger partial charge is 0.264 e. The molecule has 1 aromatic heterocycles. The number of hydrogen-bond acceptors (Lipinski definition) is 4. The van der Waals surface area contributed by atoms with Gasteiger partial charge < -0.3 is 14.8 Å². The molecule has 0 radical (unpaired) electrons. The molecule has 0 aliphatic heterocycles. The number of carbonyl (C=O) groups is 1. The third-order valence-corrected chi connectivity index (χ3v) is 3.11. The van der Waals surface area contributed by atoms with Gasteiger partial charge in [-0.15, -0.1) is 0 Å². The van der Waals surface area contributed by atoms with Crippen LogP contribution in [0.25, 0.3) is 0 Å². The standard InChI is InChI=1S/C14H13BrN2O3/c1-19-10-4-3-5-11(20-2)13(10)14(18)17-12-8-9(15)6-7-16-12/h3-8H,1-2H3,(H,16,17,18). The van der Waals surface area contributed by atoms with E-state index in [0.717, 1.165) is 4.47 Å². The van der Waals surface area contributed by atoms with Crippen molar-refractivity contribution in [1.82, 2.24) is 4.98 Å². The topological polar surface area (TPSA) is 60.5 Å². The molecule has 1 amide bonds. The highest BCUT2D eigenvalue weighted by Gasteiger charge is 2.18. The molecule has 0 saturated carbocycles. The van der Waals surface area contributed by atoms with Crippen molar-refractivity contribution in [3.05, 3.63) is 46.6 Å². The summed E-state index contributed by atoms with van der Waals surface area (Å²) in [5.74, 6) is 0.982. The van der Waals surface area contributed by atoms with E-state index in [1.54, 1.807) is 36.5 Å². The van der Waals surface area contributed by atoms with Crippen LogP contribution in [0.1, 0.15) is 10.4 Å². The van der Waals surface area contributed by atoms with Gasteiger partial charge in [-0.05, 0) is 24.3 Å². The SMILES string of the molecule is COc1cccc(OC)c1C(=O)Nc1cc(Br)ccn1. The second-order valence-corrected chi connectivity index (χ2v) is 4.77. The molecule has 104 valence electrons. The monoisotopic (exact) mass is 336 g/mol. The number of methoxy groups -OCH3 is 2. The second kappa shape index (κ2) is 6.38.